The minimum Gasteiger partial charge on any atom is -0.0616 e. The summed E-state index contributed by atoms with van der Waals surface area (Å²) in [5, 5.41) is 12.0. The van der Waals surface area contributed by atoms with Gasteiger partial charge in [-0.3, -0.25) is 0 Å². The summed E-state index contributed by atoms with van der Waals surface area (Å²) in [7, 11) is -0.692. The second-order valence-electron chi connectivity index (χ2n) is 7.90. The van der Waals surface area contributed by atoms with Crippen molar-refractivity contribution in [2.45, 2.75) is 0 Å². The zero-order valence-electron chi connectivity index (χ0n) is 17.1. The highest BCUT2D eigenvalue weighted by atomic mass is 31.1. The molecule has 0 saturated carbocycles. The number of rotatable bonds is 3. The minimum absolute atomic E-state index is 0.692. The molecule has 0 N–H and O–H groups in total. The van der Waals surface area contributed by atoms with Crippen LogP contribution in [0.5, 0.6) is 0 Å². The van der Waals surface area contributed by atoms with Crippen LogP contribution >= 0.6 is 7.92 Å². The summed E-state index contributed by atoms with van der Waals surface area (Å²) in [6, 6.07) is 46.7. The molecule has 0 unspecified atom stereocenters. The zero-order chi connectivity index (χ0) is 20.6. The van der Waals surface area contributed by atoms with E-state index in [2.05, 4.69) is 127 Å². The summed E-state index contributed by atoms with van der Waals surface area (Å²) >= 11 is 0. The Labute approximate surface area is 183 Å². The molecule has 0 amide bonds. The van der Waals surface area contributed by atoms with Gasteiger partial charge in [-0.15, -0.1) is 0 Å². The Morgan fingerprint density at radius 2 is 0.839 bits per heavy atom. The largest absolute Gasteiger partial charge is 0.0616 e. The lowest BCUT2D eigenvalue weighted by molar-refractivity contribution is 1.76. The highest BCUT2D eigenvalue weighted by Gasteiger charge is 2.19. The number of fused-ring (bicyclic) bond motifs is 3. The molecule has 0 fully saturated rings. The standard InChI is InChI=1S/C30H21P/c1-3-11-25-20-27(18-16-22(25)8-1)31(28-19-17-23-9-2-4-12-26(23)21-28)30-15-7-13-24-10-5-6-14-29(24)30/h1-21H. The van der Waals surface area contributed by atoms with Gasteiger partial charge in [0.15, 0.2) is 0 Å². The Morgan fingerprint density at radius 3 is 1.45 bits per heavy atom. The first-order valence-corrected chi connectivity index (χ1v) is 12.0. The third-order valence-electron chi connectivity index (χ3n) is 5.99. The van der Waals surface area contributed by atoms with Crippen LogP contribution in [-0.4, -0.2) is 0 Å². The van der Waals surface area contributed by atoms with Crippen molar-refractivity contribution in [1.29, 1.82) is 0 Å². The number of hydrogen-bond acceptors (Lipinski definition) is 0. The molecule has 0 saturated heterocycles. The maximum atomic E-state index is 2.39. The molecular formula is C30H21P. The van der Waals surface area contributed by atoms with Crippen LogP contribution in [0, 0.1) is 0 Å². The predicted molar refractivity (Wildman–Crippen MR) is 138 cm³/mol. The lowest BCUT2D eigenvalue weighted by Crippen LogP contribution is -2.21. The van der Waals surface area contributed by atoms with Crippen LogP contribution in [0.3, 0.4) is 0 Å². The third kappa shape index (κ3) is 3.30. The molecule has 0 spiro atoms. The Balaban J connectivity index is 1.64. The van der Waals surface area contributed by atoms with Gasteiger partial charge < -0.3 is 0 Å². The highest BCUT2D eigenvalue weighted by Crippen LogP contribution is 2.37. The number of benzene rings is 6. The molecule has 0 aliphatic carbocycles. The Bertz CT molecular complexity index is 1460. The quantitative estimate of drug-likeness (QED) is 0.277. The molecule has 6 aromatic carbocycles. The molecule has 6 rings (SSSR count). The van der Waals surface area contributed by atoms with Crippen LogP contribution in [0.1, 0.15) is 0 Å². The van der Waals surface area contributed by atoms with Crippen LogP contribution in [0.2, 0.25) is 0 Å². The maximum Gasteiger partial charge on any atom is -0.00726 e. The van der Waals surface area contributed by atoms with E-state index in [1.54, 1.807) is 0 Å². The predicted octanol–water partition coefficient (Wildman–Crippen LogP) is 6.90. The van der Waals surface area contributed by atoms with Crippen LogP contribution < -0.4 is 15.9 Å². The first-order valence-electron chi connectivity index (χ1n) is 10.6. The van der Waals surface area contributed by atoms with Crippen LogP contribution in [-0.2, 0) is 0 Å². The minimum atomic E-state index is -0.692. The van der Waals surface area contributed by atoms with E-state index in [0.717, 1.165) is 0 Å². The topological polar surface area (TPSA) is 0 Å². The average Bonchev–Trinajstić information content (AvgIpc) is 2.84. The van der Waals surface area contributed by atoms with E-state index in [4.69, 9.17) is 0 Å². The molecule has 31 heavy (non-hydrogen) atoms. The fraction of sp³-hybridized carbons (Fsp3) is 0. The molecule has 0 aromatic heterocycles. The summed E-state index contributed by atoms with van der Waals surface area (Å²) < 4.78 is 0. The molecular weight excluding hydrogens is 391 g/mol. The zero-order valence-corrected chi connectivity index (χ0v) is 18.0. The van der Waals surface area contributed by atoms with Gasteiger partial charge in [0.1, 0.15) is 0 Å². The van der Waals surface area contributed by atoms with E-state index in [-0.39, 0.29) is 0 Å². The summed E-state index contributed by atoms with van der Waals surface area (Å²) in [6.45, 7) is 0. The van der Waals surface area contributed by atoms with Crippen molar-refractivity contribution in [2.75, 3.05) is 0 Å². The lowest BCUT2D eigenvalue weighted by atomic mass is 10.1. The van der Waals surface area contributed by atoms with E-state index < -0.39 is 7.92 Å². The molecule has 0 nitrogen and oxygen atoms in total. The van der Waals surface area contributed by atoms with Gasteiger partial charge in [-0.1, -0.05) is 115 Å². The van der Waals surface area contributed by atoms with Gasteiger partial charge in [-0.2, -0.15) is 0 Å². The Morgan fingerprint density at radius 1 is 0.355 bits per heavy atom. The molecule has 146 valence electrons. The van der Waals surface area contributed by atoms with Crippen molar-refractivity contribution in [3.8, 4) is 0 Å². The average molecular weight is 412 g/mol. The van der Waals surface area contributed by atoms with Gasteiger partial charge >= 0.3 is 0 Å². The highest BCUT2D eigenvalue weighted by molar-refractivity contribution is 7.80. The van der Waals surface area contributed by atoms with Crippen LogP contribution in [0.25, 0.3) is 32.3 Å². The first-order chi connectivity index (χ1) is 15.4. The molecule has 0 atom stereocenters. The van der Waals surface area contributed by atoms with Gasteiger partial charge in [0.05, 0.1) is 0 Å². The van der Waals surface area contributed by atoms with Crippen molar-refractivity contribution in [3.63, 3.8) is 0 Å². The third-order valence-corrected chi connectivity index (χ3v) is 8.45. The Hall–Kier alpha value is -3.47. The second kappa shape index (κ2) is 7.65. The van der Waals surface area contributed by atoms with Gasteiger partial charge in [-0.25, -0.2) is 0 Å². The van der Waals surface area contributed by atoms with E-state index in [9.17, 15) is 0 Å². The fourth-order valence-corrected chi connectivity index (χ4v) is 6.98. The van der Waals surface area contributed by atoms with Gasteiger partial charge in [-0.05, 0) is 68.3 Å². The molecule has 0 radical (unpaired) electrons. The maximum absolute atomic E-state index is 2.39. The van der Waals surface area contributed by atoms with Gasteiger partial charge in [0.25, 0.3) is 0 Å². The molecule has 0 heterocycles. The van der Waals surface area contributed by atoms with Gasteiger partial charge in [0.2, 0.25) is 0 Å². The lowest BCUT2D eigenvalue weighted by Gasteiger charge is -2.22. The Kier molecular flexibility index (Phi) is 4.52. The molecule has 0 bridgehead atoms. The fourth-order valence-electron chi connectivity index (χ4n) is 4.46. The summed E-state index contributed by atoms with van der Waals surface area (Å²) in [4.78, 5) is 0. The van der Waals surface area contributed by atoms with Crippen molar-refractivity contribution in [1.82, 2.24) is 0 Å². The summed E-state index contributed by atoms with van der Waals surface area (Å²) in [6.07, 6.45) is 0. The van der Waals surface area contributed by atoms with E-state index in [1.807, 2.05) is 0 Å². The molecule has 6 aromatic rings. The SMILES string of the molecule is c1ccc2cc(P(c3ccc4ccccc4c3)c3cccc4ccccc34)ccc2c1. The van der Waals surface area contributed by atoms with E-state index in [0.29, 0.717) is 0 Å². The van der Waals surface area contributed by atoms with Crippen LogP contribution in [0.4, 0.5) is 0 Å². The van der Waals surface area contributed by atoms with E-state index >= 15 is 0 Å². The van der Waals surface area contributed by atoms with Crippen molar-refractivity contribution < 1.29 is 0 Å². The first kappa shape index (κ1) is 18.3. The monoisotopic (exact) mass is 412 g/mol. The molecule has 1 heteroatoms. The van der Waals surface area contributed by atoms with Crippen molar-refractivity contribution in [3.05, 3.63) is 127 Å². The summed E-state index contributed by atoms with van der Waals surface area (Å²) in [5.74, 6) is 0. The summed E-state index contributed by atoms with van der Waals surface area (Å²) in [5.41, 5.74) is 0. The smallest absolute Gasteiger partial charge is 0.00726 e. The molecule has 0 aliphatic heterocycles. The van der Waals surface area contributed by atoms with Crippen LogP contribution in [0.15, 0.2) is 127 Å². The van der Waals surface area contributed by atoms with Crippen molar-refractivity contribution >= 4 is 56.2 Å². The molecule has 0 aliphatic rings. The second-order valence-corrected chi connectivity index (χ2v) is 10.1. The van der Waals surface area contributed by atoms with Gasteiger partial charge in [0, 0.05) is 0 Å². The van der Waals surface area contributed by atoms with E-state index in [1.165, 1.54) is 48.2 Å². The normalized spacial score (nSPS) is 11.5. The number of hydrogen-bond donors (Lipinski definition) is 0. The van der Waals surface area contributed by atoms with Crippen molar-refractivity contribution in [2.24, 2.45) is 0 Å².